The molecule has 3 heterocycles. The molecular formula is C19H16FN5O2S. The summed E-state index contributed by atoms with van der Waals surface area (Å²) in [7, 11) is 0. The fraction of sp³-hybridized carbons (Fsp3) is 0.211. The van der Waals surface area contributed by atoms with Crippen LogP contribution >= 0.6 is 11.3 Å². The van der Waals surface area contributed by atoms with Gasteiger partial charge < -0.3 is 4.52 Å². The molecule has 7 nitrogen and oxygen atoms in total. The minimum absolute atomic E-state index is 0.170. The Kier molecular flexibility index (Phi) is 4.60. The zero-order valence-corrected chi connectivity index (χ0v) is 16.2. The summed E-state index contributed by atoms with van der Waals surface area (Å²) in [4.78, 5) is 17.3. The van der Waals surface area contributed by atoms with Gasteiger partial charge in [0.2, 0.25) is 5.13 Å². The number of aromatic nitrogens is 4. The Morgan fingerprint density at radius 1 is 1.25 bits per heavy atom. The lowest BCUT2D eigenvalue weighted by Gasteiger charge is -2.07. The number of nitrogens with zero attached hydrogens (tertiary/aromatic N) is 4. The van der Waals surface area contributed by atoms with Gasteiger partial charge in [0.25, 0.3) is 11.6 Å². The maximum atomic E-state index is 14.2. The number of amides is 1. The van der Waals surface area contributed by atoms with Crippen LogP contribution in [0.3, 0.4) is 0 Å². The average molecular weight is 397 g/mol. The Morgan fingerprint density at radius 2 is 2.04 bits per heavy atom. The van der Waals surface area contributed by atoms with Crippen LogP contribution in [0.1, 0.15) is 40.8 Å². The monoisotopic (exact) mass is 397 g/mol. The van der Waals surface area contributed by atoms with Gasteiger partial charge in [0.05, 0.1) is 22.3 Å². The number of carbonyl (C=O) groups excluding carboxylic acids is 1. The first-order valence-corrected chi connectivity index (χ1v) is 9.42. The fourth-order valence-corrected chi connectivity index (χ4v) is 3.50. The number of anilines is 1. The SMILES string of the molecule is Cc1noc2nc(-c3ccccc3F)cc(C(=O)Nc3nnc(C(C)C)s3)c12. The number of rotatable bonds is 4. The Labute approximate surface area is 163 Å². The van der Waals surface area contributed by atoms with E-state index in [-0.39, 0.29) is 28.5 Å². The van der Waals surface area contributed by atoms with Crippen molar-refractivity contribution in [1.82, 2.24) is 20.3 Å². The van der Waals surface area contributed by atoms with E-state index in [9.17, 15) is 9.18 Å². The molecule has 1 N–H and O–H groups in total. The third-order valence-corrected chi connectivity index (χ3v) is 5.31. The van der Waals surface area contributed by atoms with Crippen molar-refractivity contribution in [1.29, 1.82) is 0 Å². The molecular weight excluding hydrogens is 381 g/mol. The molecule has 0 aliphatic rings. The van der Waals surface area contributed by atoms with Crippen molar-refractivity contribution >= 4 is 33.5 Å². The molecule has 1 aromatic carbocycles. The van der Waals surface area contributed by atoms with Crippen molar-refractivity contribution in [2.75, 3.05) is 5.32 Å². The van der Waals surface area contributed by atoms with Crippen molar-refractivity contribution in [2.24, 2.45) is 0 Å². The Hall–Kier alpha value is -3.20. The van der Waals surface area contributed by atoms with Gasteiger partial charge in [-0.3, -0.25) is 10.1 Å². The highest BCUT2D eigenvalue weighted by Crippen LogP contribution is 2.29. The van der Waals surface area contributed by atoms with Crippen molar-refractivity contribution in [3.8, 4) is 11.3 Å². The van der Waals surface area contributed by atoms with Crippen LogP contribution in [0.4, 0.5) is 9.52 Å². The molecule has 4 aromatic rings. The number of benzene rings is 1. The van der Waals surface area contributed by atoms with Crippen molar-refractivity contribution in [3.63, 3.8) is 0 Å². The molecule has 0 bridgehead atoms. The summed E-state index contributed by atoms with van der Waals surface area (Å²) in [6.45, 7) is 5.72. The summed E-state index contributed by atoms with van der Waals surface area (Å²) < 4.78 is 19.5. The molecule has 0 atom stereocenters. The standard InChI is InChI=1S/C19H16FN5O2S/c1-9(2)18-23-24-19(28-18)22-16(26)12-8-14(11-6-4-5-7-13(11)20)21-17-15(12)10(3)25-27-17/h4-9H,1-3H3,(H,22,24,26). The van der Waals surface area contributed by atoms with Gasteiger partial charge in [0.1, 0.15) is 10.8 Å². The van der Waals surface area contributed by atoms with E-state index < -0.39 is 11.7 Å². The summed E-state index contributed by atoms with van der Waals surface area (Å²) in [5.41, 5.74) is 1.53. The van der Waals surface area contributed by atoms with Crippen LogP contribution in [-0.2, 0) is 0 Å². The van der Waals surface area contributed by atoms with Gasteiger partial charge in [-0.05, 0) is 25.1 Å². The lowest BCUT2D eigenvalue weighted by Crippen LogP contribution is -2.13. The van der Waals surface area contributed by atoms with E-state index in [2.05, 4.69) is 25.7 Å². The molecule has 0 radical (unpaired) electrons. The smallest absolute Gasteiger partial charge is 0.259 e. The summed E-state index contributed by atoms with van der Waals surface area (Å²) >= 11 is 1.31. The van der Waals surface area contributed by atoms with E-state index in [1.54, 1.807) is 25.1 Å². The number of hydrogen-bond donors (Lipinski definition) is 1. The number of carbonyl (C=O) groups is 1. The quantitative estimate of drug-likeness (QED) is 0.542. The fourth-order valence-electron chi connectivity index (χ4n) is 2.76. The third-order valence-electron chi connectivity index (χ3n) is 4.17. The summed E-state index contributed by atoms with van der Waals surface area (Å²) in [6.07, 6.45) is 0. The molecule has 0 fully saturated rings. The maximum absolute atomic E-state index is 14.2. The molecule has 0 saturated heterocycles. The first-order chi connectivity index (χ1) is 13.4. The number of halogens is 1. The largest absolute Gasteiger partial charge is 0.335 e. The van der Waals surface area contributed by atoms with Gasteiger partial charge >= 0.3 is 0 Å². The van der Waals surface area contributed by atoms with E-state index >= 15 is 0 Å². The highest BCUT2D eigenvalue weighted by molar-refractivity contribution is 7.15. The van der Waals surface area contributed by atoms with Gasteiger partial charge in [0, 0.05) is 11.5 Å². The van der Waals surface area contributed by atoms with Gasteiger partial charge in [-0.15, -0.1) is 10.2 Å². The van der Waals surface area contributed by atoms with Crippen molar-refractivity contribution < 1.29 is 13.7 Å². The Bertz CT molecular complexity index is 1180. The van der Waals surface area contributed by atoms with Crippen molar-refractivity contribution in [2.45, 2.75) is 26.7 Å². The first kappa shape index (κ1) is 18.2. The van der Waals surface area contributed by atoms with Crippen LogP contribution in [0.15, 0.2) is 34.9 Å². The number of hydrogen-bond acceptors (Lipinski definition) is 7. The highest BCUT2D eigenvalue weighted by atomic mass is 32.1. The van der Waals surface area contributed by atoms with E-state index in [4.69, 9.17) is 4.52 Å². The van der Waals surface area contributed by atoms with Gasteiger partial charge in [0.15, 0.2) is 0 Å². The van der Waals surface area contributed by atoms with Crippen LogP contribution in [0, 0.1) is 12.7 Å². The first-order valence-electron chi connectivity index (χ1n) is 8.60. The predicted octanol–water partition coefficient (Wildman–Crippen LogP) is 4.56. The Morgan fingerprint density at radius 3 is 2.75 bits per heavy atom. The number of aryl methyl sites for hydroxylation is 1. The summed E-state index contributed by atoms with van der Waals surface area (Å²) in [5, 5.41) is 16.4. The molecule has 9 heteroatoms. The lowest BCUT2D eigenvalue weighted by atomic mass is 10.0. The maximum Gasteiger partial charge on any atom is 0.259 e. The molecule has 0 aliphatic carbocycles. The highest BCUT2D eigenvalue weighted by Gasteiger charge is 2.21. The molecule has 0 aliphatic heterocycles. The predicted molar refractivity (Wildman–Crippen MR) is 104 cm³/mol. The normalized spacial score (nSPS) is 11.3. The van der Waals surface area contributed by atoms with E-state index in [0.717, 1.165) is 5.01 Å². The second kappa shape index (κ2) is 7.08. The second-order valence-corrected chi connectivity index (χ2v) is 7.55. The minimum Gasteiger partial charge on any atom is -0.335 e. The zero-order chi connectivity index (χ0) is 19.8. The Balaban J connectivity index is 1.79. The molecule has 3 aromatic heterocycles. The molecule has 4 rings (SSSR count). The van der Waals surface area contributed by atoms with Gasteiger partial charge in [-0.2, -0.15) is 0 Å². The van der Waals surface area contributed by atoms with Crippen LogP contribution in [0.25, 0.3) is 22.4 Å². The van der Waals surface area contributed by atoms with E-state index in [1.807, 2.05) is 13.8 Å². The molecule has 0 saturated carbocycles. The zero-order valence-electron chi connectivity index (χ0n) is 15.4. The summed E-state index contributed by atoms with van der Waals surface area (Å²) in [6, 6.07) is 7.75. The topological polar surface area (TPSA) is 93.8 Å². The molecule has 142 valence electrons. The number of pyridine rings is 1. The number of fused-ring (bicyclic) bond motifs is 1. The van der Waals surface area contributed by atoms with E-state index in [0.29, 0.717) is 16.2 Å². The van der Waals surface area contributed by atoms with Crippen LogP contribution in [0.5, 0.6) is 0 Å². The molecule has 1 amide bonds. The minimum atomic E-state index is -0.442. The molecule has 0 unspecified atom stereocenters. The third kappa shape index (κ3) is 3.24. The lowest BCUT2D eigenvalue weighted by molar-refractivity contribution is 0.102. The average Bonchev–Trinajstić information content (AvgIpc) is 3.28. The van der Waals surface area contributed by atoms with Crippen molar-refractivity contribution in [3.05, 3.63) is 52.4 Å². The molecule has 0 spiro atoms. The van der Waals surface area contributed by atoms with Crippen LogP contribution in [-0.4, -0.2) is 26.2 Å². The second-order valence-electron chi connectivity index (χ2n) is 6.54. The summed E-state index contributed by atoms with van der Waals surface area (Å²) in [5.74, 6) is -0.644. The van der Waals surface area contributed by atoms with Gasteiger partial charge in [-0.25, -0.2) is 9.37 Å². The van der Waals surface area contributed by atoms with Crippen LogP contribution in [0.2, 0.25) is 0 Å². The van der Waals surface area contributed by atoms with Gasteiger partial charge in [-0.1, -0.05) is 42.5 Å². The molecule has 28 heavy (non-hydrogen) atoms. The number of nitrogens with one attached hydrogen (secondary N) is 1. The van der Waals surface area contributed by atoms with Crippen LogP contribution < -0.4 is 5.32 Å². The van der Waals surface area contributed by atoms with E-state index in [1.165, 1.54) is 23.5 Å².